The number of hydrogen-bond acceptors (Lipinski definition) is 15. The maximum absolute atomic E-state index is 14.7. The highest BCUT2D eigenvalue weighted by atomic mass is 16.7. The molecule has 1 amide bonds. The zero-order valence-corrected chi connectivity index (χ0v) is 37.2. The molecule has 3 aromatic carbocycles. The predicted molar refractivity (Wildman–Crippen MR) is 236 cm³/mol. The lowest BCUT2D eigenvalue weighted by molar-refractivity contribution is -0.158. The van der Waals surface area contributed by atoms with E-state index in [0.29, 0.717) is 24.4 Å². The van der Waals surface area contributed by atoms with Gasteiger partial charge in [0.25, 0.3) is 11.7 Å². The molecular formula is C47H57N3O13. The number of ether oxygens (including phenoxy) is 5. The van der Waals surface area contributed by atoms with E-state index in [-0.39, 0.29) is 68.1 Å². The summed E-state index contributed by atoms with van der Waals surface area (Å²) in [7, 11) is 1.44. The number of carbonyl (C=O) groups is 3. The van der Waals surface area contributed by atoms with Crippen LogP contribution in [0.15, 0.2) is 63.6 Å². The van der Waals surface area contributed by atoms with Crippen LogP contribution in [0.4, 0.5) is 5.69 Å². The predicted octanol–water partition coefficient (Wildman–Crippen LogP) is 6.13. The Hall–Kier alpha value is -5.81. The Morgan fingerprint density at radius 2 is 1.79 bits per heavy atom. The molecule has 0 radical (unpaired) electrons. The van der Waals surface area contributed by atoms with Gasteiger partial charge in [-0.3, -0.25) is 19.2 Å². The maximum Gasteiger partial charge on any atom is 0.312 e. The van der Waals surface area contributed by atoms with E-state index in [2.05, 4.69) is 10.6 Å². The van der Waals surface area contributed by atoms with Crippen molar-refractivity contribution in [3.63, 3.8) is 0 Å². The summed E-state index contributed by atoms with van der Waals surface area (Å²) in [5, 5.41) is 40.1. The van der Waals surface area contributed by atoms with Crippen molar-refractivity contribution in [1.29, 1.82) is 0 Å². The first kappa shape index (κ1) is 46.7. The number of methoxy groups -OCH3 is 1. The van der Waals surface area contributed by atoms with Gasteiger partial charge in [-0.25, -0.2) is 4.98 Å². The molecule has 16 nitrogen and oxygen atoms in total. The van der Waals surface area contributed by atoms with E-state index in [1.165, 1.54) is 53.2 Å². The van der Waals surface area contributed by atoms with E-state index in [4.69, 9.17) is 33.1 Å². The number of aromatic hydroxyl groups is 1. The number of phenolic OH excluding ortho intramolecular Hbond substituents is 1. The van der Waals surface area contributed by atoms with Crippen molar-refractivity contribution in [3.8, 4) is 17.2 Å². The van der Waals surface area contributed by atoms with Gasteiger partial charge in [0, 0.05) is 80.3 Å². The van der Waals surface area contributed by atoms with Crippen molar-refractivity contribution >= 4 is 56.3 Å². The van der Waals surface area contributed by atoms with Crippen LogP contribution in [0.25, 0.3) is 33.0 Å². The van der Waals surface area contributed by atoms with Crippen LogP contribution in [-0.4, -0.2) is 94.5 Å². The zero-order valence-electron chi connectivity index (χ0n) is 37.2. The van der Waals surface area contributed by atoms with E-state index < -0.39 is 76.8 Å². The van der Waals surface area contributed by atoms with E-state index in [0.717, 1.165) is 0 Å². The molecule has 0 fully saturated rings. The number of aliphatic hydroxyl groups is 2. The van der Waals surface area contributed by atoms with Crippen molar-refractivity contribution in [3.05, 3.63) is 75.7 Å². The fourth-order valence-electron chi connectivity index (χ4n) is 7.95. The number of aliphatic hydroxyl groups excluding tert-OH is 2. The molecular weight excluding hydrogens is 815 g/mol. The Morgan fingerprint density at radius 1 is 1.06 bits per heavy atom. The topological polar surface area (TPSA) is 225 Å². The molecule has 0 saturated heterocycles. The summed E-state index contributed by atoms with van der Waals surface area (Å²) in [5.41, 5.74) is -0.536. The molecule has 16 heteroatoms. The normalized spacial score (nSPS) is 27.8. The van der Waals surface area contributed by atoms with Crippen molar-refractivity contribution < 1.29 is 57.8 Å². The highest BCUT2D eigenvalue weighted by molar-refractivity contribution is 6.26. The maximum atomic E-state index is 14.7. The van der Waals surface area contributed by atoms with Crippen LogP contribution in [0.3, 0.4) is 0 Å². The Labute approximate surface area is 364 Å². The molecule has 2 aliphatic rings. The minimum Gasteiger partial charge on any atom is -0.505 e. The third-order valence-electron chi connectivity index (χ3n) is 11.8. The number of aromatic nitrogens is 1. The fourth-order valence-corrected chi connectivity index (χ4v) is 7.95. The van der Waals surface area contributed by atoms with Gasteiger partial charge in [-0.15, -0.1) is 0 Å². The highest BCUT2D eigenvalue weighted by Crippen LogP contribution is 2.48. The molecule has 4 aromatic rings. The summed E-state index contributed by atoms with van der Waals surface area (Å²) in [6.07, 6.45) is 3.59. The largest absolute Gasteiger partial charge is 0.505 e. The van der Waals surface area contributed by atoms with Crippen LogP contribution < -0.4 is 25.5 Å². The monoisotopic (exact) mass is 871 g/mol. The second-order valence-corrected chi connectivity index (χ2v) is 16.8. The number of rotatable bonds is 7. The minimum absolute atomic E-state index is 0.0104. The van der Waals surface area contributed by atoms with E-state index >= 15 is 0 Å². The van der Waals surface area contributed by atoms with Crippen LogP contribution >= 0.6 is 0 Å². The van der Waals surface area contributed by atoms with Gasteiger partial charge in [-0.05, 0) is 32.1 Å². The summed E-state index contributed by atoms with van der Waals surface area (Å²) in [4.78, 5) is 60.0. The van der Waals surface area contributed by atoms with E-state index in [1.807, 2.05) is 13.8 Å². The van der Waals surface area contributed by atoms with Crippen LogP contribution in [0.5, 0.6) is 17.2 Å². The lowest BCUT2D eigenvalue weighted by Gasteiger charge is -2.35. The van der Waals surface area contributed by atoms with Crippen LogP contribution in [-0.2, 0) is 23.8 Å². The number of esters is 1. The number of carbonyl (C=O) groups excluding carboxylic acids is 3. The van der Waals surface area contributed by atoms with Crippen LogP contribution in [0, 0.1) is 24.7 Å². The summed E-state index contributed by atoms with van der Waals surface area (Å²) >= 11 is 0. The van der Waals surface area contributed by atoms with Crippen molar-refractivity contribution in [2.45, 2.75) is 105 Å². The molecule has 338 valence electrons. The molecule has 5 N–H and O–H groups in total. The first-order valence-electron chi connectivity index (χ1n) is 21.0. The number of amides is 1. The molecule has 63 heavy (non-hydrogen) atoms. The van der Waals surface area contributed by atoms with Gasteiger partial charge in [0.05, 0.1) is 35.5 Å². The number of anilines is 1. The third-order valence-corrected chi connectivity index (χ3v) is 11.8. The number of phenols is 1. The average molecular weight is 872 g/mol. The number of benzene rings is 3. The molecule has 8 atom stereocenters. The highest BCUT2D eigenvalue weighted by Gasteiger charge is 2.49. The second kappa shape index (κ2) is 18.9. The van der Waals surface area contributed by atoms with Gasteiger partial charge in [-0.1, -0.05) is 52.8 Å². The summed E-state index contributed by atoms with van der Waals surface area (Å²) in [6.45, 7) is 15.8. The van der Waals surface area contributed by atoms with E-state index in [9.17, 15) is 34.5 Å². The Morgan fingerprint density at radius 3 is 2.48 bits per heavy atom. The van der Waals surface area contributed by atoms with Crippen molar-refractivity contribution in [1.82, 2.24) is 10.3 Å². The van der Waals surface area contributed by atoms with Gasteiger partial charge in [0.15, 0.2) is 22.3 Å². The molecule has 3 heterocycles. The summed E-state index contributed by atoms with van der Waals surface area (Å²) < 4.78 is 36.1. The summed E-state index contributed by atoms with van der Waals surface area (Å²) in [6, 6.07) is 5.23. The summed E-state index contributed by atoms with van der Waals surface area (Å²) in [5.74, 6) is -6.04. The third kappa shape index (κ3) is 9.44. The lowest BCUT2D eigenvalue weighted by atomic mass is 9.83. The number of hydrogen-bond donors (Lipinski definition) is 5. The molecule has 0 saturated carbocycles. The van der Waals surface area contributed by atoms with Gasteiger partial charge in [-0.2, -0.15) is 0 Å². The first-order valence-corrected chi connectivity index (χ1v) is 21.0. The van der Waals surface area contributed by atoms with Crippen molar-refractivity contribution in [2.24, 2.45) is 17.8 Å². The number of fused-ring (bicyclic) bond motifs is 2. The Balaban J connectivity index is 1.56. The van der Waals surface area contributed by atoms with Crippen LogP contribution in [0.2, 0.25) is 0 Å². The molecule has 2 aliphatic heterocycles. The number of nitrogens with zero attached hydrogens (tertiary/aromatic N) is 1. The van der Waals surface area contributed by atoms with Gasteiger partial charge >= 0.3 is 11.8 Å². The first-order chi connectivity index (χ1) is 29.8. The lowest BCUT2D eigenvalue weighted by Crippen LogP contribution is -2.43. The standard InChI is InChI=1S/C47H57N3O13/c1-22(2)48-17-19-59-29-14-15-30-34(20-29)62-44-38(49-30)35-36-40(54)27(7)43-37(35)45(56)47(9,63-43)60-18-16-33(58-10)26(6)42(61-28(8)51)25(5)32(53)21-31(52)23(3)12-11-13-24(4)46(57)50-39(44)41(36)55/h11-16,18,20,22-23,25-26,31-33,42,48,52-53,55H,17,19,21H2,1-10H3,(H,50,57)/b12-11+,18-16+,24-13-/t23-,25+,26+,31+,32+,33-,42-,47-/m0/s1. The van der Waals surface area contributed by atoms with Gasteiger partial charge < -0.3 is 54.1 Å². The number of allylic oxidation sites excluding steroid dienone is 2. The van der Waals surface area contributed by atoms with Gasteiger partial charge in [0.2, 0.25) is 0 Å². The Kier molecular flexibility index (Phi) is 14.0. The molecule has 0 aliphatic carbocycles. The smallest absolute Gasteiger partial charge is 0.312 e. The number of Topliss-reactive ketones (excluding diaryl/α,β-unsaturated/α-hetero) is 1. The molecule has 0 unspecified atom stereocenters. The fraction of sp³-hybridized carbons (Fsp3) is 0.468. The zero-order chi connectivity index (χ0) is 46.1. The second-order valence-electron chi connectivity index (χ2n) is 16.8. The van der Waals surface area contributed by atoms with Crippen molar-refractivity contribution in [2.75, 3.05) is 25.6 Å². The Bertz CT molecular complexity index is 2580. The molecule has 4 bridgehead atoms. The van der Waals surface area contributed by atoms with E-state index in [1.54, 1.807) is 51.1 Å². The number of nitrogens with one attached hydrogen (secondary N) is 2. The SMILES string of the molecule is CO[C@H]1/C=C/O[C@@]2(C)Oc3c(C)c(=O)c4c(O)c(c5oc6cc(OCCNC(C)C)ccc6nc5c4c3C2=O)NC(=O)/C(C)=C\C=C\[C@H](C)[C@H](O)C[C@@H](O)[C@@H](C)[C@H](OC(C)=O)[C@@H]1C. The molecule has 6 rings (SSSR count). The minimum atomic E-state index is -2.04. The molecule has 1 aromatic heterocycles. The average Bonchev–Trinajstić information content (AvgIpc) is 3.50. The molecule has 0 spiro atoms. The quantitative estimate of drug-likeness (QED) is 0.0463. The number of ketones is 1. The van der Waals surface area contributed by atoms with Gasteiger partial charge in [0.1, 0.15) is 40.9 Å². The van der Waals surface area contributed by atoms with Crippen LogP contribution in [0.1, 0.15) is 77.7 Å².